The van der Waals surface area contributed by atoms with Crippen LogP contribution in [0.25, 0.3) is 11.0 Å². The summed E-state index contributed by atoms with van der Waals surface area (Å²) in [7, 11) is 1.63. The summed E-state index contributed by atoms with van der Waals surface area (Å²) in [6.45, 7) is 6.34. The number of nitrogens with zero attached hydrogens (tertiary/aromatic N) is 2. The number of imidazole rings is 1. The Hall–Kier alpha value is -3.22. The molecule has 1 aliphatic rings. The van der Waals surface area contributed by atoms with Crippen molar-refractivity contribution in [2.24, 2.45) is 5.92 Å². The third-order valence-electron chi connectivity index (χ3n) is 6.46. The summed E-state index contributed by atoms with van der Waals surface area (Å²) in [5, 5.41) is 12.7. The van der Waals surface area contributed by atoms with Gasteiger partial charge >= 0.3 is 5.97 Å². The molecular weight excluding hydrogens is 430 g/mol. The summed E-state index contributed by atoms with van der Waals surface area (Å²) >= 11 is 0. The first-order chi connectivity index (χ1) is 16.3. The number of benzene rings is 2. The van der Waals surface area contributed by atoms with Crippen LogP contribution < -0.4 is 14.8 Å². The highest BCUT2D eigenvalue weighted by Gasteiger charge is 2.26. The predicted octanol–water partition coefficient (Wildman–Crippen LogP) is 6.34. The molecule has 2 atom stereocenters. The van der Waals surface area contributed by atoms with E-state index in [0.29, 0.717) is 24.1 Å². The number of ether oxygens (including phenoxy) is 2. The number of nitrogens with one attached hydrogen (secondary N) is 1. The van der Waals surface area contributed by atoms with Crippen LogP contribution in [0.1, 0.15) is 64.5 Å². The number of aliphatic carboxylic acids is 1. The van der Waals surface area contributed by atoms with Crippen molar-refractivity contribution in [3.05, 3.63) is 42.0 Å². The number of anilines is 2. The van der Waals surface area contributed by atoms with E-state index in [1.165, 1.54) is 12.8 Å². The minimum absolute atomic E-state index is 0.0542. The average molecular weight is 466 g/mol. The molecule has 0 spiro atoms. The fraction of sp³-hybridized carbons (Fsp3) is 0.481. The molecule has 2 aromatic carbocycles. The second-order valence-corrected chi connectivity index (χ2v) is 9.59. The van der Waals surface area contributed by atoms with Gasteiger partial charge in [-0.25, -0.2) is 4.98 Å². The van der Waals surface area contributed by atoms with Crippen LogP contribution in [0.15, 0.2) is 36.4 Å². The molecule has 0 amide bonds. The second-order valence-electron chi connectivity index (χ2n) is 9.59. The molecule has 1 aromatic heterocycles. The van der Waals surface area contributed by atoms with Crippen molar-refractivity contribution in [1.82, 2.24) is 9.55 Å². The van der Waals surface area contributed by atoms with Gasteiger partial charge in [0.15, 0.2) is 0 Å². The van der Waals surface area contributed by atoms with Crippen molar-refractivity contribution < 1.29 is 19.4 Å². The van der Waals surface area contributed by atoms with Gasteiger partial charge in [-0.15, -0.1) is 0 Å². The smallest absolute Gasteiger partial charge is 0.303 e. The molecule has 2 N–H and O–H groups in total. The molecule has 34 heavy (non-hydrogen) atoms. The van der Waals surface area contributed by atoms with Crippen LogP contribution in [0.4, 0.5) is 11.6 Å². The minimum atomic E-state index is -0.823. The highest BCUT2D eigenvalue weighted by molar-refractivity contribution is 5.83. The maximum Gasteiger partial charge on any atom is 0.303 e. The van der Waals surface area contributed by atoms with Crippen molar-refractivity contribution in [3.63, 3.8) is 0 Å². The lowest BCUT2D eigenvalue weighted by atomic mass is 9.87. The maximum absolute atomic E-state index is 11.1. The molecule has 4 rings (SSSR count). The zero-order valence-electron chi connectivity index (χ0n) is 20.5. The van der Waals surface area contributed by atoms with Crippen LogP contribution in [0.5, 0.6) is 11.5 Å². The van der Waals surface area contributed by atoms with Gasteiger partial charge in [-0.05, 0) is 74.9 Å². The minimum Gasteiger partial charge on any atom is -0.496 e. The summed E-state index contributed by atoms with van der Waals surface area (Å²) in [5.74, 6) is 2.18. The number of methoxy groups -OCH3 is 1. The third-order valence-corrected chi connectivity index (χ3v) is 6.46. The normalized spacial score (nSPS) is 18.3. The van der Waals surface area contributed by atoms with Crippen LogP contribution >= 0.6 is 0 Å². The molecule has 182 valence electrons. The summed E-state index contributed by atoms with van der Waals surface area (Å²) in [4.78, 5) is 16.1. The van der Waals surface area contributed by atoms with Crippen LogP contribution in [0, 0.1) is 5.92 Å². The van der Waals surface area contributed by atoms with Crippen molar-refractivity contribution in [2.75, 3.05) is 12.4 Å². The van der Waals surface area contributed by atoms with E-state index in [1.54, 1.807) is 7.11 Å². The highest BCUT2D eigenvalue weighted by Crippen LogP contribution is 2.39. The topological polar surface area (TPSA) is 85.6 Å². The van der Waals surface area contributed by atoms with E-state index in [-0.39, 0.29) is 12.5 Å². The molecule has 0 bridgehead atoms. The Morgan fingerprint density at radius 3 is 2.65 bits per heavy atom. The number of hydrogen-bond acceptors (Lipinski definition) is 5. The molecule has 0 aliphatic heterocycles. The number of carboxylic acids is 1. The zero-order valence-corrected chi connectivity index (χ0v) is 20.5. The van der Waals surface area contributed by atoms with Gasteiger partial charge in [0.05, 0.1) is 24.2 Å². The van der Waals surface area contributed by atoms with Gasteiger partial charge in [0.25, 0.3) is 0 Å². The molecule has 1 saturated carbocycles. The Morgan fingerprint density at radius 1 is 1.24 bits per heavy atom. The number of carbonyl (C=O) groups is 1. The predicted molar refractivity (Wildman–Crippen MR) is 134 cm³/mol. The zero-order chi connectivity index (χ0) is 24.2. The molecule has 7 nitrogen and oxygen atoms in total. The molecule has 3 aromatic rings. The molecule has 1 aliphatic carbocycles. The van der Waals surface area contributed by atoms with Crippen LogP contribution in [0.2, 0.25) is 0 Å². The number of carboxylic acid groups (broad SMARTS) is 1. The van der Waals surface area contributed by atoms with E-state index in [2.05, 4.69) is 16.8 Å². The SMILES string of the molecule is COc1cc2c(cc1CCC(=O)O)nc(Nc1ccc(OC(C)C)cc1)n2C1CCCC(C)C1. The Labute approximate surface area is 201 Å². The molecule has 0 radical (unpaired) electrons. The standard InChI is InChI=1S/C27H35N3O4/c1-17(2)34-22-11-9-20(10-12-22)28-27-29-23-15-19(8-13-26(31)32)25(33-4)16-24(23)30(27)21-7-5-6-18(3)14-21/h9-12,15-18,21H,5-8,13-14H2,1-4H3,(H,28,29)(H,31,32). The monoisotopic (exact) mass is 465 g/mol. The first-order valence-electron chi connectivity index (χ1n) is 12.2. The number of hydrogen-bond donors (Lipinski definition) is 2. The summed E-state index contributed by atoms with van der Waals surface area (Å²) in [5.41, 5.74) is 3.66. The largest absolute Gasteiger partial charge is 0.496 e. The van der Waals surface area contributed by atoms with E-state index in [0.717, 1.165) is 46.8 Å². The molecule has 0 saturated heterocycles. The van der Waals surface area contributed by atoms with E-state index in [9.17, 15) is 4.79 Å². The van der Waals surface area contributed by atoms with Crippen molar-refractivity contribution >= 4 is 28.6 Å². The summed E-state index contributed by atoms with van der Waals surface area (Å²) in [6.07, 6.45) is 5.24. The van der Waals surface area contributed by atoms with Crippen molar-refractivity contribution in [1.29, 1.82) is 0 Å². The van der Waals surface area contributed by atoms with E-state index in [4.69, 9.17) is 19.6 Å². The van der Waals surface area contributed by atoms with E-state index in [1.807, 2.05) is 50.2 Å². The number of rotatable bonds is 9. The van der Waals surface area contributed by atoms with Crippen LogP contribution in [-0.2, 0) is 11.2 Å². The van der Waals surface area contributed by atoms with Gasteiger partial charge < -0.3 is 24.5 Å². The fourth-order valence-electron chi connectivity index (χ4n) is 4.90. The quantitative estimate of drug-likeness (QED) is 0.383. The molecule has 2 unspecified atom stereocenters. The van der Waals surface area contributed by atoms with Gasteiger partial charge in [-0.3, -0.25) is 4.79 Å². The number of fused-ring (bicyclic) bond motifs is 1. The Morgan fingerprint density at radius 2 is 2.00 bits per heavy atom. The summed E-state index contributed by atoms with van der Waals surface area (Å²) in [6, 6.07) is 12.3. The third kappa shape index (κ3) is 5.46. The fourth-order valence-corrected chi connectivity index (χ4v) is 4.90. The van der Waals surface area contributed by atoms with Gasteiger partial charge in [-0.1, -0.05) is 19.8 Å². The van der Waals surface area contributed by atoms with Crippen molar-refractivity contribution in [2.45, 2.75) is 71.4 Å². The lowest BCUT2D eigenvalue weighted by Gasteiger charge is -2.29. The Bertz CT molecular complexity index is 1140. The van der Waals surface area contributed by atoms with Gasteiger partial charge in [0.1, 0.15) is 11.5 Å². The van der Waals surface area contributed by atoms with Crippen molar-refractivity contribution in [3.8, 4) is 11.5 Å². The number of aromatic nitrogens is 2. The molecule has 7 heteroatoms. The van der Waals surface area contributed by atoms with Gasteiger partial charge in [-0.2, -0.15) is 0 Å². The van der Waals surface area contributed by atoms with Crippen LogP contribution in [0.3, 0.4) is 0 Å². The van der Waals surface area contributed by atoms with Gasteiger partial charge in [0, 0.05) is 24.2 Å². The number of aryl methyl sites for hydroxylation is 1. The van der Waals surface area contributed by atoms with Crippen LogP contribution in [-0.4, -0.2) is 33.8 Å². The second kappa shape index (κ2) is 10.4. The lowest BCUT2D eigenvalue weighted by molar-refractivity contribution is -0.136. The molecule has 1 heterocycles. The summed E-state index contributed by atoms with van der Waals surface area (Å²) < 4.78 is 13.7. The Balaban J connectivity index is 1.74. The average Bonchev–Trinajstić information content (AvgIpc) is 3.14. The van der Waals surface area contributed by atoms with Gasteiger partial charge in [0.2, 0.25) is 5.95 Å². The Kier molecular flexibility index (Phi) is 7.29. The maximum atomic E-state index is 11.1. The first-order valence-corrected chi connectivity index (χ1v) is 12.2. The first kappa shape index (κ1) is 23.9. The molecular formula is C27H35N3O4. The lowest BCUT2D eigenvalue weighted by Crippen LogP contribution is -2.19. The molecule has 1 fully saturated rings. The highest BCUT2D eigenvalue weighted by atomic mass is 16.5. The van der Waals surface area contributed by atoms with E-state index < -0.39 is 5.97 Å². The van der Waals surface area contributed by atoms with E-state index >= 15 is 0 Å².